The molecule has 2 N–H and O–H groups in total. The Balaban J connectivity index is 1.95. The molecule has 0 amide bonds. The molecule has 0 bridgehead atoms. The van der Waals surface area contributed by atoms with Crippen molar-refractivity contribution in [1.29, 1.82) is 0 Å². The topological polar surface area (TPSA) is 68.2 Å². The van der Waals surface area contributed by atoms with E-state index in [1.165, 1.54) is 14.2 Å². The minimum absolute atomic E-state index is 0.0515. The predicted octanol–water partition coefficient (Wildman–Crippen LogP) is 3.31. The fourth-order valence-electron chi connectivity index (χ4n) is 2.93. The van der Waals surface area contributed by atoms with Gasteiger partial charge in [-0.2, -0.15) is 0 Å². The lowest BCUT2D eigenvalue weighted by Gasteiger charge is -2.15. The van der Waals surface area contributed by atoms with Gasteiger partial charge < -0.3 is 24.4 Å². The second-order valence-electron chi connectivity index (χ2n) is 5.62. The number of rotatable bonds is 4. The minimum Gasteiger partial charge on any atom is -0.504 e. The monoisotopic (exact) mass is 328 g/mol. The summed E-state index contributed by atoms with van der Waals surface area (Å²) < 4.78 is 15.8. The van der Waals surface area contributed by atoms with Gasteiger partial charge in [0.25, 0.3) is 0 Å². The molecule has 2 aromatic rings. The molecule has 0 radical (unpaired) electrons. The molecule has 1 aliphatic heterocycles. The lowest BCUT2D eigenvalue weighted by atomic mass is 9.91. The van der Waals surface area contributed by atoms with Gasteiger partial charge in [0.1, 0.15) is 0 Å². The van der Waals surface area contributed by atoms with Crippen LogP contribution in [-0.4, -0.2) is 37.6 Å². The Morgan fingerprint density at radius 3 is 2.58 bits per heavy atom. The van der Waals surface area contributed by atoms with E-state index in [1.54, 1.807) is 18.2 Å². The minimum atomic E-state index is -0.0515. The molecule has 1 fully saturated rings. The Kier molecular flexibility index (Phi) is 4.62. The molecule has 0 spiro atoms. The first-order valence-corrected chi connectivity index (χ1v) is 7.65. The molecule has 5 heteroatoms. The molecule has 2 aromatic carbocycles. The van der Waals surface area contributed by atoms with Gasteiger partial charge in [0, 0.05) is 11.5 Å². The van der Waals surface area contributed by atoms with Crippen molar-refractivity contribution in [2.45, 2.75) is 5.92 Å². The summed E-state index contributed by atoms with van der Waals surface area (Å²) in [5.41, 5.74) is 2.65. The smallest absolute Gasteiger partial charge is 0.161 e. The van der Waals surface area contributed by atoms with Gasteiger partial charge in [-0.15, -0.1) is 0 Å². The Morgan fingerprint density at radius 2 is 1.88 bits per heavy atom. The van der Waals surface area contributed by atoms with E-state index in [4.69, 9.17) is 14.2 Å². The molecule has 1 heterocycles. The van der Waals surface area contributed by atoms with Crippen molar-refractivity contribution in [1.82, 2.24) is 0 Å². The molecule has 0 aliphatic carbocycles. The molecule has 1 saturated heterocycles. The van der Waals surface area contributed by atoms with Gasteiger partial charge in [-0.05, 0) is 29.3 Å². The third kappa shape index (κ3) is 3.03. The second kappa shape index (κ2) is 6.84. The van der Waals surface area contributed by atoms with Gasteiger partial charge in [0.15, 0.2) is 23.0 Å². The van der Waals surface area contributed by atoms with Crippen molar-refractivity contribution in [3.05, 3.63) is 53.1 Å². The summed E-state index contributed by atoms with van der Waals surface area (Å²) in [7, 11) is 3.04. The van der Waals surface area contributed by atoms with Gasteiger partial charge in [-0.3, -0.25) is 0 Å². The van der Waals surface area contributed by atoms with Crippen LogP contribution in [0, 0.1) is 0 Å². The molecule has 126 valence electrons. The van der Waals surface area contributed by atoms with Crippen LogP contribution >= 0.6 is 0 Å². The summed E-state index contributed by atoms with van der Waals surface area (Å²) in [5.74, 6) is 1.05. The largest absolute Gasteiger partial charge is 0.504 e. The van der Waals surface area contributed by atoms with Crippen molar-refractivity contribution < 1.29 is 24.4 Å². The van der Waals surface area contributed by atoms with Gasteiger partial charge in [0.05, 0.1) is 27.4 Å². The van der Waals surface area contributed by atoms with Gasteiger partial charge >= 0.3 is 0 Å². The Labute approximate surface area is 140 Å². The van der Waals surface area contributed by atoms with Crippen LogP contribution in [-0.2, 0) is 4.74 Å². The van der Waals surface area contributed by atoms with Gasteiger partial charge in [-0.25, -0.2) is 0 Å². The van der Waals surface area contributed by atoms with E-state index in [2.05, 4.69) is 0 Å². The van der Waals surface area contributed by atoms with E-state index in [9.17, 15) is 10.2 Å². The van der Waals surface area contributed by atoms with E-state index in [1.807, 2.05) is 24.3 Å². The molecule has 24 heavy (non-hydrogen) atoms. The van der Waals surface area contributed by atoms with Crippen molar-refractivity contribution in [2.75, 3.05) is 27.4 Å². The highest BCUT2D eigenvalue weighted by atomic mass is 16.5. The number of phenolic OH excluding ortho intramolecular Hbond substituents is 2. The van der Waals surface area contributed by atoms with Crippen molar-refractivity contribution in [2.24, 2.45) is 0 Å². The number of methoxy groups -OCH3 is 2. The average Bonchev–Trinajstić information content (AvgIpc) is 3.03. The highest BCUT2D eigenvalue weighted by molar-refractivity contribution is 5.61. The van der Waals surface area contributed by atoms with Crippen molar-refractivity contribution >= 4 is 6.08 Å². The van der Waals surface area contributed by atoms with E-state index in [-0.39, 0.29) is 17.4 Å². The molecule has 5 nitrogen and oxygen atoms in total. The number of ether oxygens (including phenoxy) is 3. The number of benzene rings is 2. The standard InChI is InChI=1S/C19H20O5/c1-22-17-7-6-12(9-16(17)20)8-13-10-24-11-15(13)14-4-3-5-18(23-2)19(14)21/h3-9,15,20-21H,10-11H2,1-2H3/b13-8+. The quantitative estimate of drug-likeness (QED) is 0.901. The normalized spacial score (nSPS) is 18.8. The summed E-state index contributed by atoms with van der Waals surface area (Å²) in [6, 6.07) is 10.7. The van der Waals surface area contributed by atoms with Gasteiger partial charge in [0.2, 0.25) is 0 Å². The second-order valence-corrected chi connectivity index (χ2v) is 5.62. The summed E-state index contributed by atoms with van der Waals surface area (Å²) in [4.78, 5) is 0. The lowest BCUT2D eigenvalue weighted by molar-refractivity contribution is 0.198. The van der Waals surface area contributed by atoms with Crippen molar-refractivity contribution in [3.63, 3.8) is 0 Å². The molecule has 0 aromatic heterocycles. The zero-order valence-electron chi connectivity index (χ0n) is 13.7. The zero-order valence-corrected chi connectivity index (χ0v) is 13.7. The first-order chi connectivity index (χ1) is 11.6. The molecule has 3 rings (SSSR count). The maximum absolute atomic E-state index is 10.4. The number of hydrogen-bond acceptors (Lipinski definition) is 5. The number of para-hydroxylation sites is 1. The predicted molar refractivity (Wildman–Crippen MR) is 90.9 cm³/mol. The van der Waals surface area contributed by atoms with Crippen LogP contribution in [0.3, 0.4) is 0 Å². The summed E-state index contributed by atoms with van der Waals surface area (Å²) in [6.07, 6.45) is 1.97. The fourth-order valence-corrected chi connectivity index (χ4v) is 2.93. The Hall–Kier alpha value is -2.66. The molecular weight excluding hydrogens is 308 g/mol. The maximum Gasteiger partial charge on any atom is 0.161 e. The van der Waals surface area contributed by atoms with E-state index in [0.717, 1.165) is 16.7 Å². The van der Waals surface area contributed by atoms with Crippen LogP contribution in [0.4, 0.5) is 0 Å². The van der Waals surface area contributed by atoms with Crippen LogP contribution in [0.1, 0.15) is 17.0 Å². The van der Waals surface area contributed by atoms with E-state index < -0.39 is 0 Å². The first kappa shape index (κ1) is 16.2. The first-order valence-electron chi connectivity index (χ1n) is 7.65. The third-order valence-electron chi connectivity index (χ3n) is 4.18. The van der Waals surface area contributed by atoms with Crippen LogP contribution in [0.5, 0.6) is 23.0 Å². The SMILES string of the molecule is COc1ccc(/C=C2\COCC2c2cccc(OC)c2O)cc1O. The number of aromatic hydroxyl groups is 2. The van der Waals surface area contributed by atoms with Crippen molar-refractivity contribution in [3.8, 4) is 23.0 Å². The summed E-state index contributed by atoms with van der Waals surface area (Å²) >= 11 is 0. The van der Waals surface area contributed by atoms with E-state index >= 15 is 0 Å². The van der Waals surface area contributed by atoms with Crippen LogP contribution in [0.15, 0.2) is 42.0 Å². The highest BCUT2D eigenvalue weighted by Crippen LogP contribution is 2.41. The van der Waals surface area contributed by atoms with E-state index in [0.29, 0.717) is 24.7 Å². The highest BCUT2D eigenvalue weighted by Gasteiger charge is 2.27. The third-order valence-corrected chi connectivity index (χ3v) is 4.18. The summed E-state index contributed by atoms with van der Waals surface area (Å²) in [5, 5.41) is 20.3. The molecule has 1 aliphatic rings. The Morgan fingerprint density at radius 1 is 1.08 bits per heavy atom. The molecular formula is C19H20O5. The van der Waals surface area contributed by atoms with Gasteiger partial charge in [-0.1, -0.05) is 24.3 Å². The Bertz CT molecular complexity index is 766. The zero-order chi connectivity index (χ0) is 17.1. The van der Waals surface area contributed by atoms with Crippen LogP contribution in [0.25, 0.3) is 6.08 Å². The maximum atomic E-state index is 10.4. The number of phenols is 2. The molecule has 1 unspecified atom stereocenters. The van der Waals surface area contributed by atoms with Crippen LogP contribution in [0.2, 0.25) is 0 Å². The summed E-state index contributed by atoms with van der Waals surface area (Å²) in [6.45, 7) is 0.975. The average molecular weight is 328 g/mol. The molecule has 1 atom stereocenters. The lowest BCUT2D eigenvalue weighted by Crippen LogP contribution is -2.01. The van der Waals surface area contributed by atoms with Crippen LogP contribution < -0.4 is 9.47 Å². The molecule has 0 saturated carbocycles. The fraction of sp³-hybridized carbons (Fsp3) is 0.263. The number of hydrogen-bond donors (Lipinski definition) is 2.